The number of aliphatic carboxylic acids is 1. The lowest BCUT2D eigenvalue weighted by Gasteiger charge is -2.28. The molecule has 0 saturated heterocycles. The molecular weight excluding hydrogens is 256 g/mol. The van der Waals surface area contributed by atoms with Crippen molar-refractivity contribution >= 4 is 29.2 Å². The maximum atomic E-state index is 11.4. The van der Waals surface area contributed by atoms with E-state index in [-0.39, 0.29) is 18.2 Å². The molecule has 5 nitrogen and oxygen atoms in total. The van der Waals surface area contributed by atoms with E-state index >= 15 is 0 Å². The van der Waals surface area contributed by atoms with Crippen molar-refractivity contribution in [2.45, 2.75) is 19.9 Å². The van der Waals surface area contributed by atoms with E-state index in [0.29, 0.717) is 10.7 Å². The van der Waals surface area contributed by atoms with Gasteiger partial charge in [0.25, 0.3) is 5.91 Å². The number of carboxylic acids is 1. The van der Waals surface area contributed by atoms with E-state index in [1.165, 1.54) is 6.07 Å². The van der Waals surface area contributed by atoms with Crippen molar-refractivity contribution in [1.82, 2.24) is 0 Å². The summed E-state index contributed by atoms with van der Waals surface area (Å²) in [6.07, 6.45) is 0. The molecule has 1 aromatic carbocycles. The largest absolute Gasteiger partial charge is 0.480 e. The molecule has 6 heteroatoms. The highest BCUT2D eigenvalue weighted by molar-refractivity contribution is 6.31. The lowest BCUT2D eigenvalue weighted by molar-refractivity contribution is -0.135. The lowest BCUT2D eigenvalue weighted by atomic mass is 10.1. The number of nitrogens with two attached hydrogens (primary N) is 1. The molecule has 3 N–H and O–H groups in total. The Morgan fingerprint density at radius 1 is 1.44 bits per heavy atom. The minimum Gasteiger partial charge on any atom is -0.480 e. The zero-order chi connectivity index (χ0) is 13.9. The molecule has 98 valence electrons. The molecule has 0 atom stereocenters. The van der Waals surface area contributed by atoms with Crippen molar-refractivity contribution in [2.75, 3.05) is 11.4 Å². The highest BCUT2D eigenvalue weighted by Gasteiger charge is 2.19. The van der Waals surface area contributed by atoms with Gasteiger partial charge in [0.15, 0.2) is 0 Å². The van der Waals surface area contributed by atoms with Gasteiger partial charge in [0.05, 0.1) is 11.3 Å². The van der Waals surface area contributed by atoms with E-state index in [2.05, 4.69) is 0 Å². The zero-order valence-electron chi connectivity index (χ0n) is 10.2. The van der Waals surface area contributed by atoms with Crippen molar-refractivity contribution in [2.24, 2.45) is 5.73 Å². The smallest absolute Gasteiger partial charge is 0.323 e. The number of rotatable bonds is 5. The maximum absolute atomic E-state index is 11.4. The molecule has 0 spiro atoms. The van der Waals surface area contributed by atoms with Crippen LogP contribution in [0.4, 0.5) is 5.69 Å². The van der Waals surface area contributed by atoms with Gasteiger partial charge in [-0.25, -0.2) is 0 Å². The number of carbonyl (C=O) groups is 2. The molecule has 0 bridgehead atoms. The first-order valence-electron chi connectivity index (χ1n) is 5.40. The van der Waals surface area contributed by atoms with Crippen molar-refractivity contribution in [3.05, 3.63) is 28.8 Å². The third-order valence-corrected chi connectivity index (χ3v) is 2.70. The Morgan fingerprint density at radius 2 is 2.06 bits per heavy atom. The van der Waals surface area contributed by atoms with Crippen molar-refractivity contribution < 1.29 is 14.7 Å². The first kappa shape index (κ1) is 14.3. The minimum absolute atomic E-state index is 0.0830. The number of hydrogen-bond donors (Lipinski definition) is 2. The van der Waals surface area contributed by atoms with Gasteiger partial charge in [-0.15, -0.1) is 0 Å². The Hall–Kier alpha value is -1.75. The molecule has 0 aliphatic heterocycles. The highest BCUT2D eigenvalue weighted by Crippen LogP contribution is 2.25. The normalized spacial score (nSPS) is 10.4. The van der Waals surface area contributed by atoms with Gasteiger partial charge in [-0.3, -0.25) is 9.59 Å². The Bertz CT molecular complexity index is 474. The van der Waals surface area contributed by atoms with Crippen LogP contribution in [0.3, 0.4) is 0 Å². The van der Waals surface area contributed by atoms with Crippen molar-refractivity contribution in [3.8, 4) is 0 Å². The molecule has 1 amide bonds. The fourth-order valence-electron chi connectivity index (χ4n) is 1.65. The summed E-state index contributed by atoms with van der Waals surface area (Å²) < 4.78 is 0. The van der Waals surface area contributed by atoms with Gasteiger partial charge >= 0.3 is 5.97 Å². The average molecular weight is 271 g/mol. The van der Waals surface area contributed by atoms with Gasteiger partial charge in [0.1, 0.15) is 6.54 Å². The lowest BCUT2D eigenvalue weighted by Crippen LogP contribution is -2.37. The Labute approximate surface area is 110 Å². The summed E-state index contributed by atoms with van der Waals surface area (Å²) in [5.74, 6) is -1.61. The van der Waals surface area contributed by atoms with Crippen LogP contribution in [0.25, 0.3) is 0 Å². The van der Waals surface area contributed by atoms with Crippen LogP contribution in [0, 0.1) is 0 Å². The molecule has 0 radical (unpaired) electrons. The molecular formula is C12H15ClN2O3. The van der Waals surface area contributed by atoms with E-state index in [1.807, 2.05) is 13.8 Å². The number of amides is 1. The van der Waals surface area contributed by atoms with Crippen LogP contribution < -0.4 is 10.6 Å². The third kappa shape index (κ3) is 3.37. The van der Waals surface area contributed by atoms with E-state index < -0.39 is 11.9 Å². The molecule has 0 fully saturated rings. The Kier molecular flexibility index (Phi) is 4.55. The second kappa shape index (κ2) is 5.73. The predicted octanol–water partition coefficient (Wildman–Crippen LogP) is 1.74. The molecule has 1 aromatic rings. The molecule has 0 heterocycles. The fraction of sp³-hybridized carbons (Fsp3) is 0.333. The number of primary amides is 1. The molecule has 0 aliphatic rings. The molecule has 0 aliphatic carbocycles. The van der Waals surface area contributed by atoms with E-state index in [0.717, 1.165) is 0 Å². The Morgan fingerprint density at radius 3 is 2.50 bits per heavy atom. The van der Waals surface area contributed by atoms with Crippen LogP contribution in [-0.4, -0.2) is 29.6 Å². The van der Waals surface area contributed by atoms with Gasteiger partial charge in [-0.2, -0.15) is 0 Å². The SMILES string of the molecule is CC(C)N(CC(=O)O)c1ccc(Cl)cc1C(N)=O. The summed E-state index contributed by atoms with van der Waals surface area (Å²) >= 11 is 5.81. The first-order chi connectivity index (χ1) is 8.32. The summed E-state index contributed by atoms with van der Waals surface area (Å²) in [5, 5.41) is 9.28. The van der Waals surface area contributed by atoms with Gasteiger partial charge in [-0.05, 0) is 32.0 Å². The number of halogens is 1. The Balaban J connectivity index is 3.27. The molecule has 0 saturated carbocycles. The van der Waals surface area contributed by atoms with Gasteiger partial charge in [-0.1, -0.05) is 11.6 Å². The number of nitrogens with zero attached hydrogens (tertiary/aromatic N) is 1. The number of anilines is 1. The maximum Gasteiger partial charge on any atom is 0.323 e. The van der Waals surface area contributed by atoms with Crippen molar-refractivity contribution in [1.29, 1.82) is 0 Å². The van der Waals surface area contributed by atoms with Crippen LogP contribution in [0.1, 0.15) is 24.2 Å². The second-order valence-corrected chi connectivity index (χ2v) is 4.58. The number of hydrogen-bond acceptors (Lipinski definition) is 3. The standard InChI is InChI=1S/C12H15ClN2O3/c1-7(2)15(6-11(16)17)10-4-3-8(13)5-9(10)12(14)18/h3-5,7H,6H2,1-2H3,(H2,14,18)(H,16,17). The van der Waals surface area contributed by atoms with Crippen molar-refractivity contribution in [3.63, 3.8) is 0 Å². The van der Waals surface area contributed by atoms with Crippen LogP contribution in [0.2, 0.25) is 5.02 Å². The van der Waals surface area contributed by atoms with Crippen LogP contribution in [0.5, 0.6) is 0 Å². The summed E-state index contributed by atoms with van der Waals surface area (Å²) in [5.41, 5.74) is 5.98. The van der Waals surface area contributed by atoms with E-state index in [9.17, 15) is 9.59 Å². The fourth-order valence-corrected chi connectivity index (χ4v) is 1.82. The molecule has 18 heavy (non-hydrogen) atoms. The van der Waals surface area contributed by atoms with Crippen LogP contribution >= 0.6 is 11.6 Å². The zero-order valence-corrected chi connectivity index (χ0v) is 10.9. The summed E-state index contributed by atoms with van der Waals surface area (Å²) in [7, 11) is 0. The van der Waals surface area contributed by atoms with Gasteiger partial charge < -0.3 is 15.7 Å². The van der Waals surface area contributed by atoms with Crippen LogP contribution in [-0.2, 0) is 4.79 Å². The summed E-state index contributed by atoms with van der Waals surface area (Å²) in [6.45, 7) is 3.46. The second-order valence-electron chi connectivity index (χ2n) is 4.14. The van der Waals surface area contributed by atoms with Gasteiger partial charge in [0.2, 0.25) is 0 Å². The summed E-state index contributed by atoms with van der Waals surface area (Å²) in [4.78, 5) is 23.8. The average Bonchev–Trinajstić information content (AvgIpc) is 2.25. The number of benzene rings is 1. The van der Waals surface area contributed by atoms with Gasteiger partial charge in [0, 0.05) is 11.1 Å². The topological polar surface area (TPSA) is 83.6 Å². The summed E-state index contributed by atoms with van der Waals surface area (Å²) in [6, 6.07) is 4.56. The molecule has 0 aromatic heterocycles. The first-order valence-corrected chi connectivity index (χ1v) is 5.78. The minimum atomic E-state index is -0.978. The van der Waals surface area contributed by atoms with E-state index in [4.69, 9.17) is 22.4 Å². The van der Waals surface area contributed by atoms with E-state index in [1.54, 1.807) is 17.0 Å². The number of carbonyl (C=O) groups excluding carboxylic acids is 1. The quantitative estimate of drug-likeness (QED) is 0.854. The van der Waals surface area contributed by atoms with Crippen LogP contribution in [0.15, 0.2) is 18.2 Å². The highest BCUT2D eigenvalue weighted by atomic mass is 35.5. The number of carboxylic acid groups (broad SMARTS) is 1. The molecule has 0 unspecified atom stereocenters. The third-order valence-electron chi connectivity index (χ3n) is 2.46. The molecule has 1 rings (SSSR count). The monoisotopic (exact) mass is 270 g/mol. The predicted molar refractivity (Wildman–Crippen MR) is 70.1 cm³/mol.